The molecule has 0 spiro atoms. The Morgan fingerprint density at radius 2 is 0.797 bits per heavy atom. The normalized spacial score (nSPS) is 11.6. The molecule has 0 aromatic carbocycles. The van der Waals surface area contributed by atoms with Crippen LogP contribution < -0.4 is 10.6 Å². The molecular formula is C55H96N2O12. The number of nitrogens with one attached hydrogen (secondary N) is 2. The second kappa shape index (κ2) is 50.2. The van der Waals surface area contributed by atoms with Crippen LogP contribution in [0.5, 0.6) is 0 Å². The minimum absolute atomic E-state index is 0.0347. The zero-order valence-electron chi connectivity index (χ0n) is 43.6. The summed E-state index contributed by atoms with van der Waals surface area (Å²) in [5.74, 6) is -3.66. The van der Waals surface area contributed by atoms with Crippen LogP contribution in [0.3, 0.4) is 0 Å². The van der Waals surface area contributed by atoms with Crippen LogP contribution in [0.25, 0.3) is 0 Å². The van der Waals surface area contributed by atoms with Gasteiger partial charge in [0.15, 0.2) is 12.7 Å². The van der Waals surface area contributed by atoms with E-state index < -0.39 is 55.8 Å². The van der Waals surface area contributed by atoms with E-state index in [1.807, 2.05) is 0 Å². The van der Waals surface area contributed by atoms with Crippen LogP contribution in [0.15, 0.2) is 24.3 Å². The largest absolute Gasteiger partial charge is 0.465 e. The Labute approximate surface area is 417 Å². The lowest BCUT2D eigenvalue weighted by Gasteiger charge is -2.18. The van der Waals surface area contributed by atoms with Crippen LogP contribution in [0.1, 0.15) is 239 Å². The fraction of sp³-hybridized carbons (Fsp3) is 0.800. The van der Waals surface area contributed by atoms with Crippen molar-refractivity contribution in [3.05, 3.63) is 24.3 Å². The van der Waals surface area contributed by atoms with E-state index in [1.54, 1.807) is 7.05 Å². The molecule has 0 bridgehead atoms. The molecule has 0 aromatic rings. The number of unbranched alkanes of at least 4 members (excludes halogenated alkanes) is 24. The lowest BCUT2D eigenvalue weighted by atomic mass is 10.1. The Kier molecular flexibility index (Phi) is 47.1. The second-order valence-corrected chi connectivity index (χ2v) is 18.1. The maximum absolute atomic E-state index is 12.7. The van der Waals surface area contributed by atoms with Crippen molar-refractivity contribution in [1.29, 1.82) is 0 Å². The first-order valence-corrected chi connectivity index (χ1v) is 27.2. The van der Waals surface area contributed by atoms with Gasteiger partial charge in [0.25, 0.3) is 0 Å². The number of esters is 5. The van der Waals surface area contributed by atoms with E-state index in [0.717, 1.165) is 83.5 Å². The Bertz CT molecular complexity index is 1380. The van der Waals surface area contributed by atoms with Crippen LogP contribution in [0.4, 0.5) is 0 Å². The van der Waals surface area contributed by atoms with Gasteiger partial charge in [0.1, 0.15) is 19.8 Å². The molecule has 0 heterocycles. The summed E-state index contributed by atoms with van der Waals surface area (Å²) in [5, 5.41) is 5.29. The summed E-state index contributed by atoms with van der Waals surface area (Å²) in [4.78, 5) is 85.8. The molecule has 14 nitrogen and oxygen atoms in total. The quantitative estimate of drug-likeness (QED) is 0.0254. The molecule has 0 aliphatic heterocycles. The first-order valence-electron chi connectivity index (χ1n) is 27.2. The van der Waals surface area contributed by atoms with Crippen molar-refractivity contribution in [1.82, 2.24) is 10.6 Å². The Balaban J connectivity index is 4.58. The predicted molar refractivity (Wildman–Crippen MR) is 272 cm³/mol. The average molecular weight is 977 g/mol. The van der Waals surface area contributed by atoms with Gasteiger partial charge in [0.2, 0.25) is 11.8 Å². The van der Waals surface area contributed by atoms with Crippen LogP contribution in [-0.4, -0.2) is 87.8 Å². The van der Waals surface area contributed by atoms with Crippen LogP contribution in [0, 0.1) is 0 Å². The fourth-order valence-electron chi connectivity index (χ4n) is 7.31. The zero-order valence-corrected chi connectivity index (χ0v) is 43.6. The number of ether oxygens (including phenoxy) is 5. The van der Waals surface area contributed by atoms with E-state index in [9.17, 15) is 33.6 Å². The van der Waals surface area contributed by atoms with Gasteiger partial charge in [-0.05, 0) is 77.0 Å². The molecule has 0 radical (unpaired) electrons. The first-order chi connectivity index (χ1) is 33.6. The van der Waals surface area contributed by atoms with E-state index in [4.69, 9.17) is 23.7 Å². The van der Waals surface area contributed by atoms with Crippen molar-refractivity contribution in [3.63, 3.8) is 0 Å². The monoisotopic (exact) mass is 977 g/mol. The lowest BCUT2D eigenvalue weighted by Crippen LogP contribution is -2.33. The molecule has 398 valence electrons. The number of allylic oxidation sites excluding steroid dienone is 4. The lowest BCUT2D eigenvalue weighted by molar-refractivity contribution is -0.172. The van der Waals surface area contributed by atoms with Crippen molar-refractivity contribution in [2.45, 2.75) is 245 Å². The molecular weight excluding hydrogens is 881 g/mol. The van der Waals surface area contributed by atoms with Gasteiger partial charge >= 0.3 is 29.8 Å². The first kappa shape index (κ1) is 64.8. The molecule has 0 saturated carbocycles. The van der Waals surface area contributed by atoms with E-state index in [2.05, 4.69) is 48.8 Å². The van der Waals surface area contributed by atoms with E-state index in [0.29, 0.717) is 38.6 Å². The highest BCUT2D eigenvalue weighted by Gasteiger charge is 2.21. The number of hydrogen-bond donors (Lipinski definition) is 2. The van der Waals surface area contributed by atoms with Gasteiger partial charge in [-0.1, -0.05) is 147 Å². The van der Waals surface area contributed by atoms with Gasteiger partial charge in [0, 0.05) is 39.3 Å². The summed E-state index contributed by atoms with van der Waals surface area (Å²) in [6.45, 7) is 3.10. The van der Waals surface area contributed by atoms with E-state index >= 15 is 0 Å². The van der Waals surface area contributed by atoms with Crippen molar-refractivity contribution >= 4 is 41.7 Å². The standard InChI is InChI=1S/C55H96N2O12/c1-4-6-8-10-12-14-16-18-20-22-24-26-28-30-34-38-51(60)65-44-42-54(63)67-46-48(45-66-53(62)41-40-50(59)57-43-36-32-33-37-49(58)56-3)69-55(64)47-68-52(61)39-35-31-29-27-25-23-21-19-17-15-13-11-9-7-5-2/h18-21,48H,4-17,22-47H2,1-3H3,(H,56,58)(H,57,59). The summed E-state index contributed by atoms with van der Waals surface area (Å²) in [6.07, 6.45) is 40.2. The van der Waals surface area contributed by atoms with E-state index in [1.165, 1.54) is 77.0 Å². The topological polar surface area (TPSA) is 190 Å². The molecule has 0 aliphatic rings. The number of hydrogen-bond acceptors (Lipinski definition) is 12. The van der Waals surface area contributed by atoms with Crippen LogP contribution in [0.2, 0.25) is 0 Å². The number of carbonyl (C=O) groups excluding carboxylic acids is 7. The molecule has 0 rings (SSSR count). The van der Waals surface area contributed by atoms with Gasteiger partial charge in [-0.2, -0.15) is 0 Å². The molecule has 2 amide bonds. The molecule has 1 unspecified atom stereocenters. The van der Waals surface area contributed by atoms with Crippen molar-refractivity contribution in [3.8, 4) is 0 Å². The third kappa shape index (κ3) is 48.6. The summed E-state index contributed by atoms with van der Waals surface area (Å²) < 4.78 is 26.2. The number of rotatable bonds is 49. The highest BCUT2D eigenvalue weighted by Crippen LogP contribution is 2.13. The molecule has 14 heteroatoms. The third-order valence-corrected chi connectivity index (χ3v) is 11.6. The maximum atomic E-state index is 12.7. The van der Waals surface area contributed by atoms with Gasteiger partial charge < -0.3 is 34.3 Å². The molecule has 0 aliphatic carbocycles. The van der Waals surface area contributed by atoms with Gasteiger partial charge in [-0.25, -0.2) is 4.79 Å². The van der Waals surface area contributed by atoms with Crippen molar-refractivity contribution < 1.29 is 57.2 Å². The molecule has 0 fully saturated rings. The SMILES string of the molecule is CCCCCCCCC=CCCCCCCCC(=O)OCCC(=O)OCC(COC(=O)CCC(=O)NCCCCCC(=O)NC)OC(=O)COC(=O)CCCCCCCC=CCCCCCCCC. The summed E-state index contributed by atoms with van der Waals surface area (Å²) in [7, 11) is 1.58. The molecule has 0 saturated heterocycles. The Morgan fingerprint density at radius 1 is 0.391 bits per heavy atom. The minimum atomic E-state index is -1.22. The molecule has 0 aromatic heterocycles. The van der Waals surface area contributed by atoms with Gasteiger partial charge in [-0.3, -0.25) is 28.8 Å². The number of carbonyl (C=O) groups is 7. The maximum Gasteiger partial charge on any atom is 0.344 e. The predicted octanol–water partition coefficient (Wildman–Crippen LogP) is 11.7. The zero-order chi connectivity index (χ0) is 50.7. The van der Waals surface area contributed by atoms with Crippen LogP contribution >= 0.6 is 0 Å². The van der Waals surface area contributed by atoms with Crippen molar-refractivity contribution in [2.24, 2.45) is 0 Å². The number of amides is 2. The fourth-order valence-corrected chi connectivity index (χ4v) is 7.31. The van der Waals surface area contributed by atoms with Crippen molar-refractivity contribution in [2.75, 3.05) is 40.0 Å². The molecule has 2 N–H and O–H groups in total. The average Bonchev–Trinajstić information content (AvgIpc) is 3.34. The Hall–Kier alpha value is -4.23. The minimum Gasteiger partial charge on any atom is -0.465 e. The smallest absolute Gasteiger partial charge is 0.344 e. The summed E-state index contributed by atoms with van der Waals surface area (Å²) in [5.41, 5.74) is 0. The van der Waals surface area contributed by atoms with Gasteiger partial charge in [-0.15, -0.1) is 0 Å². The Morgan fingerprint density at radius 3 is 1.29 bits per heavy atom. The summed E-state index contributed by atoms with van der Waals surface area (Å²) in [6, 6.07) is 0. The molecule has 1 atom stereocenters. The molecule has 69 heavy (non-hydrogen) atoms. The van der Waals surface area contributed by atoms with Crippen LogP contribution in [-0.2, 0) is 57.2 Å². The van der Waals surface area contributed by atoms with E-state index in [-0.39, 0.29) is 50.5 Å². The summed E-state index contributed by atoms with van der Waals surface area (Å²) >= 11 is 0. The second-order valence-electron chi connectivity index (χ2n) is 18.1. The third-order valence-electron chi connectivity index (χ3n) is 11.6. The van der Waals surface area contributed by atoms with Gasteiger partial charge in [0.05, 0.1) is 12.8 Å². The highest BCUT2D eigenvalue weighted by molar-refractivity contribution is 5.81. The highest BCUT2D eigenvalue weighted by atomic mass is 16.6.